The maximum atomic E-state index is 12.7. The van der Waals surface area contributed by atoms with E-state index < -0.39 is 0 Å². The van der Waals surface area contributed by atoms with E-state index in [9.17, 15) is 4.79 Å². The highest BCUT2D eigenvalue weighted by Crippen LogP contribution is 2.37. The number of rotatable bonds is 8. The van der Waals surface area contributed by atoms with Gasteiger partial charge in [-0.1, -0.05) is 26.0 Å². The minimum Gasteiger partial charge on any atom is -0.385 e. The van der Waals surface area contributed by atoms with Crippen molar-refractivity contribution in [3.63, 3.8) is 0 Å². The molecule has 30 heavy (non-hydrogen) atoms. The predicted molar refractivity (Wildman–Crippen MR) is 124 cm³/mol. The van der Waals surface area contributed by atoms with E-state index in [2.05, 4.69) is 53.3 Å². The highest BCUT2D eigenvalue weighted by atomic mass is 32.1. The zero-order valence-electron chi connectivity index (χ0n) is 18.6. The number of thiophene rings is 1. The predicted octanol–water partition coefficient (Wildman–Crippen LogP) is 4.97. The highest BCUT2D eigenvalue weighted by molar-refractivity contribution is 7.20. The molecule has 3 rings (SSSR count). The van der Waals surface area contributed by atoms with Crippen molar-refractivity contribution in [3.8, 4) is 0 Å². The number of carbonyl (C=O) groups excluding carboxylic acids is 1. The van der Waals surface area contributed by atoms with Crippen LogP contribution in [0.3, 0.4) is 0 Å². The lowest BCUT2D eigenvalue weighted by Crippen LogP contribution is -2.24. The van der Waals surface area contributed by atoms with Crippen molar-refractivity contribution < 1.29 is 9.53 Å². The Labute approximate surface area is 182 Å². The minimum atomic E-state index is -0.0702. The Bertz CT molecular complexity index is 1030. The number of amides is 1. The van der Waals surface area contributed by atoms with E-state index in [1.807, 2.05) is 20.9 Å². The van der Waals surface area contributed by atoms with Crippen LogP contribution < -0.4 is 10.2 Å². The molecular formula is C23H30N4O2S. The zero-order valence-corrected chi connectivity index (χ0v) is 19.4. The Morgan fingerprint density at radius 3 is 2.53 bits per heavy atom. The standard InChI is InChI=1S/C23H30N4O2S/c1-14(2)17-8-10-18(11-9-17)27(5)21-19-15(3)20(22(28)24-12-7-13-29-6)30-23(19)26-16(4)25-21/h8-11,14H,7,12-13H2,1-6H3,(H,24,28). The Morgan fingerprint density at radius 1 is 1.20 bits per heavy atom. The van der Waals surface area contributed by atoms with Gasteiger partial charge < -0.3 is 15.0 Å². The number of aryl methyl sites for hydroxylation is 2. The molecule has 1 aromatic carbocycles. The second kappa shape index (κ2) is 9.53. The van der Waals surface area contributed by atoms with Crippen LogP contribution in [0.4, 0.5) is 11.5 Å². The summed E-state index contributed by atoms with van der Waals surface area (Å²) in [6.07, 6.45) is 0.783. The number of nitrogens with one attached hydrogen (secondary N) is 1. The van der Waals surface area contributed by atoms with E-state index in [1.165, 1.54) is 16.9 Å². The summed E-state index contributed by atoms with van der Waals surface area (Å²) in [6.45, 7) is 9.44. The van der Waals surface area contributed by atoms with Gasteiger partial charge in [0.1, 0.15) is 16.5 Å². The molecule has 0 spiro atoms. The van der Waals surface area contributed by atoms with Gasteiger partial charge in [-0.2, -0.15) is 0 Å². The van der Waals surface area contributed by atoms with Crippen molar-refractivity contribution in [1.82, 2.24) is 15.3 Å². The molecular weight excluding hydrogens is 396 g/mol. The van der Waals surface area contributed by atoms with E-state index in [0.717, 1.165) is 33.7 Å². The van der Waals surface area contributed by atoms with Gasteiger partial charge in [0, 0.05) is 33.0 Å². The third-order valence-electron chi connectivity index (χ3n) is 5.16. The fourth-order valence-corrected chi connectivity index (χ4v) is 4.52. The van der Waals surface area contributed by atoms with Crippen LogP contribution in [0.25, 0.3) is 10.2 Å². The Kier molecular flexibility index (Phi) is 7.05. The average molecular weight is 427 g/mol. The van der Waals surface area contributed by atoms with Crippen LogP contribution in [0.2, 0.25) is 0 Å². The van der Waals surface area contributed by atoms with Gasteiger partial charge in [0.15, 0.2) is 0 Å². The molecule has 1 N–H and O–H groups in total. The van der Waals surface area contributed by atoms with Gasteiger partial charge in [-0.3, -0.25) is 4.79 Å². The lowest BCUT2D eigenvalue weighted by molar-refractivity contribution is 0.0952. The van der Waals surface area contributed by atoms with Gasteiger partial charge in [-0.25, -0.2) is 9.97 Å². The van der Waals surface area contributed by atoms with E-state index >= 15 is 0 Å². The lowest BCUT2D eigenvalue weighted by Gasteiger charge is -2.20. The third-order valence-corrected chi connectivity index (χ3v) is 6.35. The number of fused-ring (bicyclic) bond motifs is 1. The summed E-state index contributed by atoms with van der Waals surface area (Å²) in [5.41, 5.74) is 3.27. The smallest absolute Gasteiger partial charge is 0.261 e. The average Bonchev–Trinajstić information content (AvgIpc) is 3.06. The number of aromatic nitrogens is 2. The Hall–Kier alpha value is -2.51. The lowest BCUT2D eigenvalue weighted by atomic mass is 10.0. The maximum absolute atomic E-state index is 12.7. The van der Waals surface area contributed by atoms with Crippen LogP contribution in [0, 0.1) is 13.8 Å². The first-order valence-corrected chi connectivity index (χ1v) is 11.0. The second-order valence-corrected chi connectivity index (χ2v) is 8.74. The van der Waals surface area contributed by atoms with E-state index in [-0.39, 0.29) is 5.91 Å². The molecule has 0 fully saturated rings. The molecule has 2 heterocycles. The molecule has 7 heteroatoms. The molecule has 0 saturated heterocycles. The molecule has 0 aliphatic heterocycles. The van der Waals surface area contributed by atoms with E-state index in [4.69, 9.17) is 9.72 Å². The summed E-state index contributed by atoms with van der Waals surface area (Å²) in [6, 6.07) is 8.54. The second-order valence-electron chi connectivity index (χ2n) is 7.74. The quantitative estimate of drug-likeness (QED) is 0.515. The third kappa shape index (κ3) is 4.63. The van der Waals surface area contributed by atoms with E-state index in [0.29, 0.717) is 29.8 Å². The van der Waals surface area contributed by atoms with Crippen LogP contribution in [0.5, 0.6) is 0 Å². The maximum Gasteiger partial charge on any atom is 0.261 e. The summed E-state index contributed by atoms with van der Waals surface area (Å²) in [7, 11) is 3.67. The van der Waals surface area contributed by atoms with Crippen LogP contribution >= 0.6 is 11.3 Å². The van der Waals surface area contributed by atoms with Crippen LogP contribution in [0.1, 0.15) is 52.8 Å². The van der Waals surface area contributed by atoms with Crippen molar-refractivity contribution in [2.24, 2.45) is 0 Å². The molecule has 0 saturated carbocycles. The summed E-state index contributed by atoms with van der Waals surface area (Å²) in [4.78, 5) is 25.7. The number of benzene rings is 1. The van der Waals surface area contributed by atoms with Gasteiger partial charge in [0.05, 0.1) is 10.3 Å². The number of nitrogens with zero attached hydrogens (tertiary/aromatic N) is 3. The fourth-order valence-electron chi connectivity index (χ4n) is 3.38. The topological polar surface area (TPSA) is 67.3 Å². The van der Waals surface area contributed by atoms with Crippen LogP contribution in [-0.2, 0) is 4.74 Å². The molecule has 6 nitrogen and oxygen atoms in total. The number of anilines is 2. The molecule has 0 radical (unpaired) electrons. The first-order chi connectivity index (χ1) is 14.3. The number of methoxy groups -OCH3 is 1. The monoisotopic (exact) mass is 426 g/mol. The van der Waals surface area contributed by atoms with E-state index in [1.54, 1.807) is 7.11 Å². The zero-order chi connectivity index (χ0) is 21.8. The number of hydrogen-bond donors (Lipinski definition) is 1. The van der Waals surface area contributed by atoms with Crippen LogP contribution in [-0.4, -0.2) is 43.2 Å². The first-order valence-electron chi connectivity index (χ1n) is 10.2. The van der Waals surface area contributed by atoms with Gasteiger partial charge in [0.25, 0.3) is 5.91 Å². The molecule has 1 amide bonds. The number of ether oxygens (including phenoxy) is 1. The molecule has 0 bridgehead atoms. The molecule has 0 aliphatic carbocycles. The molecule has 0 unspecified atom stereocenters. The summed E-state index contributed by atoms with van der Waals surface area (Å²) >= 11 is 1.42. The molecule has 0 aliphatic rings. The van der Waals surface area contributed by atoms with Gasteiger partial charge in [-0.15, -0.1) is 11.3 Å². The normalized spacial score (nSPS) is 11.3. The van der Waals surface area contributed by atoms with Crippen molar-refractivity contribution in [3.05, 3.63) is 46.1 Å². The summed E-state index contributed by atoms with van der Waals surface area (Å²) in [5.74, 6) is 1.93. The van der Waals surface area contributed by atoms with Crippen molar-refractivity contribution in [1.29, 1.82) is 0 Å². The molecule has 0 atom stereocenters. The van der Waals surface area contributed by atoms with Gasteiger partial charge in [0.2, 0.25) is 0 Å². The Balaban J connectivity index is 1.96. The number of carbonyl (C=O) groups is 1. The van der Waals surface area contributed by atoms with Crippen molar-refractivity contribution in [2.75, 3.05) is 32.2 Å². The Morgan fingerprint density at radius 2 is 1.90 bits per heavy atom. The summed E-state index contributed by atoms with van der Waals surface area (Å²) in [5, 5.41) is 3.91. The van der Waals surface area contributed by atoms with Crippen LogP contribution in [0.15, 0.2) is 24.3 Å². The number of hydrogen-bond acceptors (Lipinski definition) is 6. The van der Waals surface area contributed by atoms with Crippen molar-refractivity contribution >= 4 is 39.0 Å². The minimum absolute atomic E-state index is 0.0702. The largest absolute Gasteiger partial charge is 0.385 e. The fraction of sp³-hybridized carbons (Fsp3) is 0.435. The van der Waals surface area contributed by atoms with Gasteiger partial charge >= 0.3 is 0 Å². The summed E-state index contributed by atoms with van der Waals surface area (Å²) < 4.78 is 5.05. The van der Waals surface area contributed by atoms with Crippen molar-refractivity contribution in [2.45, 2.75) is 40.0 Å². The SMILES string of the molecule is COCCCNC(=O)c1sc2nc(C)nc(N(C)c3ccc(C(C)C)cc3)c2c1C. The van der Waals surface area contributed by atoms with Gasteiger partial charge in [-0.05, 0) is 49.4 Å². The molecule has 3 aromatic rings. The first kappa shape index (κ1) is 22.2. The highest BCUT2D eigenvalue weighted by Gasteiger charge is 2.22. The molecule has 160 valence electrons. The molecule has 2 aromatic heterocycles.